The van der Waals surface area contributed by atoms with Crippen LogP contribution in [0.1, 0.15) is 100 Å². The topological polar surface area (TPSA) is 176 Å². The molecule has 4 aliphatic rings. The highest BCUT2D eigenvalue weighted by atomic mass is 32.2. The first kappa shape index (κ1) is 54.0. The minimum atomic E-state index is -0.662. The monoisotopic (exact) mass is 972 g/mol. The number of carbonyl (C=O) groups excluding carboxylic acids is 3. The number of thioether (sulfide) groups is 2. The fraction of sp³-hybridized carbons (Fsp3) is 0.653. The summed E-state index contributed by atoms with van der Waals surface area (Å²) in [5.74, 6) is 1.28. The maximum absolute atomic E-state index is 12.9. The number of aliphatic hydroxyl groups excluding tert-OH is 1. The summed E-state index contributed by atoms with van der Waals surface area (Å²) in [6.07, 6.45) is -0.814. The Balaban J connectivity index is 0.000000251. The lowest BCUT2D eigenvalue weighted by atomic mass is 9.87. The summed E-state index contributed by atoms with van der Waals surface area (Å²) in [7, 11) is 3.26. The highest BCUT2D eigenvalue weighted by Crippen LogP contribution is 2.43. The number of amides is 2. The van der Waals surface area contributed by atoms with E-state index in [1.807, 2.05) is 118 Å². The lowest BCUT2D eigenvalue weighted by Gasteiger charge is -2.42. The molecule has 0 bridgehead atoms. The van der Waals surface area contributed by atoms with Gasteiger partial charge in [0.15, 0.2) is 10.3 Å². The third-order valence-corrected chi connectivity index (χ3v) is 13.6. The van der Waals surface area contributed by atoms with Crippen molar-refractivity contribution < 1.29 is 57.4 Å². The van der Waals surface area contributed by atoms with Gasteiger partial charge in [0.1, 0.15) is 58.0 Å². The van der Waals surface area contributed by atoms with Crippen molar-refractivity contribution in [2.45, 2.75) is 167 Å². The fourth-order valence-corrected chi connectivity index (χ4v) is 10.4. The van der Waals surface area contributed by atoms with Gasteiger partial charge < -0.3 is 47.8 Å². The van der Waals surface area contributed by atoms with E-state index < -0.39 is 47.1 Å². The molecule has 0 aromatic heterocycles. The zero-order chi connectivity index (χ0) is 49.2. The molecule has 6 rings (SSSR count). The van der Waals surface area contributed by atoms with Crippen molar-refractivity contribution in [1.29, 1.82) is 0 Å². The van der Waals surface area contributed by atoms with Crippen LogP contribution in [0.2, 0.25) is 0 Å². The van der Waals surface area contributed by atoms with E-state index in [4.69, 9.17) is 47.9 Å². The number of aliphatic hydroxyl groups is 1. The molecule has 0 saturated carbocycles. The third kappa shape index (κ3) is 14.6. The van der Waals surface area contributed by atoms with Crippen LogP contribution in [0.15, 0.2) is 58.5 Å². The van der Waals surface area contributed by atoms with E-state index in [9.17, 15) is 19.5 Å². The van der Waals surface area contributed by atoms with E-state index >= 15 is 0 Å². The molecule has 18 heteroatoms. The van der Waals surface area contributed by atoms with Crippen molar-refractivity contribution in [1.82, 2.24) is 9.80 Å². The number of aldehydes is 1. The van der Waals surface area contributed by atoms with Crippen LogP contribution in [0, 0.1) is 11.8 Å². The maximum Gasteiger partial charge on any atom is 0.416 e. The molecule has 2 aromatic rings. The van der Waals surface area contributed by atoms with Crippen molar-refractivity contribution in [2.24, 2.45) is 21.8 Å². The molecular formula is C49H72N4O12S2. The largest absolute Gasteiger partial charge is 0.497 e. The Morgan fingerprint density at radius 1 is 0.716 bits per heavy atom. The highest BCUT2D eigenvalue weighted by Gasteiger charge is 2.52. The molecule has 0 radical (unpaired) electrons. The van der Waals surface area contributed by atoms with Crippen LogP contribution < -0.4 is 9.47 Å². The smallest absolute Gasteiger partial charge is 0.416 e. The number of benzene rings is 2. The standard InChI is InChI=1S/C25H38N2O6S.C24H34N2O6S/c1-8-13-27(24(29)33-25(4,5)6)23-26-19-21(15(2)20(16(3)28)32-22(19)34-23)31-14-17-9-11-18(30-7)12-10-17;1-7-12-26(23(28)32-24(3,4)5)22-25-19-20(15(2)18(13-27)31-21(19)33-22)30-14-16-8-10-17(29-6)11-9-16/h9-12,15-16,19-22,28H,8,13-14H2,1-7H3;8-11,13,15,18-21H,7,12,14H2,1-6H3/t15-,16?,19-,20+,21+,22-;15-,18-,19-,20+,21-/m11/s1. The van der Waals surface area contributed by atoms with Crippen LogP contribution >= 0.6 is 23.5 Å². The molecule has 11 atom stereocenters. The zero-order valence-corrected chi connectivity index (χ0v) is 43.0. The normalized spacial score (nSPS) is 27.2. The number of rotatable bonds is 14. The third-order valence-electron chi connectivity index (χ3n) is 11.2. The van der Waals surface area contributed by atoms with Gasteiger partial charge in [0.2, 0.25) is 0 Å². The van der Waals surface area contributed by atoms with Gasteiger partial charge in [-0.3, -0.25) is 19.8 Å². The average molecular weight is 973 g/mol. The van der Waals surface area contributed by atoms with Gasteiger partial charge in [-0.05, 0) is 96.7 Å². The van der Waals surface area contributed by atoms with Crippen LogP contribution in [0.4, 0.5) is 9.59 Å². The van der Waals surface area contributed by atoms with Crippen molar-refractivity contribution >= 4 is 52.3 Å². The molecule has 1 N–H and O–H groups in total. The first-order chi connectivity index (χ1) is 31.7. The van der Waals surface area contributed by atoms with Gasteiger partial charge in [-0.1, -0.05) is 75.5 Å². The molecule has 2 saturated heterocycles. The van der Waals surface area contributed by atoms with E-state index in [2.05, 4.69) is 0 Å². The minimum absolute atomic E-state index is 0.0932. The Morgan fingerprint density at radius 2 is 1.12 bits per heavy atom. The molecule has 1 unspecified atom stereocenters. The van der Waals surface area contributed by atoms with Gasteiger partial charge in [0, 0.05) is 24.9 Å². The van der Waals surface area contributed by atoms with E-state index in [1.54, 1.807) is 30.9 Å². The summed E-state index contributed by atoms with van der Waals surface area (Å²) >= 11 is 2.74. The summed E-state index contributed by atoms with van der Waals surface area (Å²) in [6.45, 7) is 22.5. The van der Waals surface area contributed by atoms with Gasteiger partial charge in [0.25, 0.3) is 0 Å². The molecule has 0 spiro atoms. The van der Waals surface area contributed by atoms with Gasteiger partial charge in [-0.15, -0.1) is 0 Å². The molecular weight excluding hydrogens is 901 g/mol. The first-order valence-electron chi connectivity index (χ1n) is 23.1. The van der Waals surface area contributed by atoms with Crippen molar-refractivity contribution in [3.05, 3.63) is 59.7 Å². The van der Waals surface area contributed by atoms with Gasteiger partial charge >= 0.3 is 12.2 Å². The van der Waals surface area contributed by atoms with Crippen molar-refractivity contribution in [2.75, 3.05) is 27.3 Å². The molecule has 4 aliphatic heterocycles. The van der Waals surface area contributed by atoms with Gasteiger partial charge in [-0.2, -0.15) is 0 Å². The van der Waals surface area contributed by atoms with E-state index in [0.717, 1.165) is 41.8 Å². The number of hydrogen-bond acceptors (Lipinski definition) is 16. The van der Waals surface area contributed by atoms with E-state index in [-0.39, 0.29) is 41.6 Å². The molecule has 2 fully saturated rings. The molecule has 4 heterocycles. The van der Waals surface area contributed by atoms with Crippen LogP contribution in [0.3, 0.4) is 0 Å². The van der Waals surface area contributed by atoms with Crippen molar-refractivity contribution in [3.63, 3.8) is 0 Å². The SMILES string of the molecule is CCCN(C(=O)OC(C)(C)C)C1=N[C@@H]2[C@@H](OCc3ccc(OC)cc3)[C@H](C)[C@@H](C(C)O)O[C@@H]2S1.CCCN(C(=O)OC(C)(C)C)C1=N[C@@H]2[C@@H](OCc3ccc(OC)cc3)[C@H](C)[C@@H](C=O)O[C@@H]2S1. The second-order valence-electron chi connectivity index (χ2n) is 19.1. The number of carbonyl (C=O) groups is 3. The average Bonchev–Trinajstić information content (AvgIpc) is 3.90. The van der Waals surface area contributed by atoms with Crippen LogP contribution in [-0.2, 0) is 46.4 Å². The number of nitrogens with zero attached hydrogens (tertiary/aromatic N) is 4. The van der Waals surface area contributed by atoms with Crippen molar-refractivity contribution in [3.8, 4) is 11.5 Å². The number of methoxy groups -OCH3 is 2. The summed E-state index contributed by atoms with van der Waals surface area (Å²) in [6, 6.07) is 14.8. The Morgan fingerprint density at radius 3 is 1.48 bits per heavy atom. The Hall–Kier alpha value is -3.91. The van der Waals surface area contributed by atoms with Gasteiger partial charge in [0.05, 0.1) is 51.8 Å². The number of ether oxygens (including phenoxy) is 8. The molecule has 2 amide bonds. The fourth-order valence-electron chi connectivity index (χ4n) is 7.93. The summed E-state index contributed by atoms with van der Waals surface area (Å²) in [4.78, 5) is 50.3. The number of fused-ring (bicyclic) bond motifs is 2. The Kier molecular flexibility index (Phi) is 19.4. The lowest BCUT2D eigenvalue weighted by Crippen LogP contribution is -2.54. The lowest BCUT2D eigenvalue weighted by molar-refractivity contribution is -0.165. The second kappa shape index (κ2) is 24.1. The molecule has 0 aliphatic carbocycles. The van der Waals surface area contributed by atoms with E-state index in [1.165, 1.54) is 23.5 Å². The summed E-state index contributed by atoms with van der Waals surface area (Å²) in [5.41, 5.74) is 0.0249. The van der Waals surface area contributed by atoms with Crippen LogP contribution in [0.25, 0.3) is 0 Å². The highest BCUT2D eigenvalue weighted by molar-refractivity contribution is 8.14. The number of amidine groups is 2. The summed E-state index contributed by atoms with van der Waals surface area (Å²) < 4.78 is 46.6. The molecule has 2 aromatic carbocycles. The Labute approximate surface area is 405 Å². The molecule has 67 heavy (non-hydrogen) atoms. The quantitative estimate of drug-likeness (QED) is 0.178. The summed E-state index contributed by atoms with van der Waals surface area (Å²) in [5, 5.41) is 11.5. The van der Waals surface area contributed by atoms with Crippen LogP contribution in [-0.4, -0.2) is 136 Å². The second-order valence-corrected chi connectivity index (χ2v) is 21.2. The zero-order valence-electron chi connectivity index (χ0n) is 41.3. The molecule has 372 valence electrons. The first-order valence-corrected chi connectivity index (χ1v) is 24.9. The van der Waals surface area contributed by atoms with Gasteiger partial charge in [-0.25, -0.2) is 9.59 Å². The number of aliphatic imine (C=N–C) groups is 2. The Bertz CT molecular complexity index is 1990. The van der Waals surface area contributed by atoms with E-state index in [0.29, 0.717) is 36.6 Å². The minimum Gasteiger partial charge on any atom is -0.497 e. The predicted molar refractivity (Wildman–Crippen MR) is 261 cm³/mol. The van der Waals surface area contributed by atoms with Crippen LogP contribution in [0.5, 0.6) is 11.5 Å². The number of hydrogen-bond donors (Lipinski definition) is 1. The predicted octanol–water partition coefficient (Wildman–Crippen LogP) is 8.70. The maximum atomic E-state index is 12.9. The molecule has 16 nitrogen and oxygen atoms in total.